The summed E-state index contributed by atoms with van der Waals surface area (Å²) >= 11 is 0. The second kappa shape index (κ2) is 6.32. The van der Waals surface area contributed by atoms with E-state index in [4.69, 9.17) is 4.74 Å². The monoisotopic (exact) mass is 300 g/mol. The molecule has 0 radical (unpaired) electrons. The lowest BCUT2D eigenvalue weighted by Gasteiger charge is -2.31. The topological polar surface area (TPSA) is 62.7 Å². The number of carbonyl (C=O) groups is 1. The summed E-state index contributed by atoms with van der Waals surface area (Å²) in [6.07, 6.45) is 1.91. The van der Waals surface area contributed by atoms with Crippen LogP contribution in [0.2, 0.25) is 0 Å². The summed E-state index contributed by atoms with van der Waals surface area (Å²) in [5.41, 5.74) is 1.23. The number of pyridine rings is 1. The van der Waals surface area contributed by atoms with Crippen molar-refractivity contribution in [1.29, 1.82) is 0 Å². The number of rotatable bonds is 3. The molecule has 2 heterocycles. The van der Waals surface area contributed by atoms with Crippen molar-refractivity contribution in [1.82, 2.24) is 9.88 Å². The molecule has 1 amide bonds. The van der Waals surface area contributed by atoms with E-state index in [2.05, 4.69) is 4.98 Å². The lowest BCUT2D eigenvalue weighted by Crippen LogP contribution is -2.41. The Labute approximate surface area is 129 Å². The van der Waals surface area contributed by atoms with Gasteiger partial charge >= 0.3 is 0 Å². The second-order valence-electron chi connectivity index (χ2n) is 5.70. The molecule has 1 aliphatic heterocycles. The summed E-state index contributed by atoms with van der Waals surface area (Å²) in [6.45, 7) is 1.48. The van der Waals surface area contributed by atoms with E-state index < -0.39 is 0 Å². The highest BCUT2D eigenvalue weighted by Crippen LogP contribution is 2.21. The second-order valence-corrected chi connectivity index (χ2v) is 5.70. The van der Waals surface area contributed by atoms with Crippen molar-refractivity contribution < 1.29 is 14.6 Å². The number of likely N-dealkylation sites (tertiary alicyclic amines) is 1. The van der Waals surface area contributed by atoms with Crippen LogP contribution in [0.3, 0.4) is 0 Å². The third-order valence-electron chi connectivity index (χ3n) is 4.18. The lowest BCUT2D eigenvalue weighted by atomic mass is 9.99. The molecule has 22 heavy (non-hydrogen) atoms. The van der Waals surface area contributed by atoms with Crippen molar-refractivity contribution in [3.05, 3.63) is 36.0 Å². The molecule has 5 nitrogen and oxygen atoms in total. The summed E-state index contributed by atoms with van der Waals surface area (Å²) in [5.74, 6) is 0.897. The van der Waals surface area contributed by atoms with E-state index in [1.807, 2.05) is 24.3 Å². The van der Waals surface area contributed by atoms with E-state index in [1.165, 1.54) is 0 Å². The number of aromatic nitrogens is 1. The van der Waals surface area contributed by atoms with Crippen LogP contribution in [0, 0.1) is 5.92 Å². The van der Waals surface area contributed by atoms with E-state index in [1.54, 1.807) is 18.1 Å². The van der Waals surface area contributed by atoms with E-state index in [9.17, 15) is 9.90 Å². The Morgan fingerprint density at radius 2 is 2.27 bits per heavy atom. The number of aliphatic hydroxyl groups is 1. The third kappa shape index (κ3) is 2.90. The van der Waals surface area contributed by atoms with Gasteiger partial charge in [0.2, 0.25) is 0 Å². The van der Waals surface area contributed by atoms with E-state index >= 15 is 0 Å². The highest BCUT2D eigenvalue weighted by atomic mass is 16.5. The van der Waals surface area contributed by atoms with Crippen LogP contribution in [0.4, 0.5) is 0 Å². The Kier molecular flexibility index (Phi) is 4.24. The van der Waals surface area contributed by atoms with Crippen LogP contribution < -0.4 is 4.74 Å². The summed E-state index contributed by atoms with van der Waals surface area (Å²) in [5, 5.41) is 10.2. The summed E-state index contributed by atoms with van der Waals surface area (Å²) in [4.78, 5) is 18.8. The predicted molar refractivity (Wildman–Crippen MR) is 84.0 cm³/mol. The van der Waals surface area contributed by atoms with E-state index in [0.29, 0.717) is 12.2 Å². The zero-order valence-corrected chi connectivity index (χ0v) is 12.7. The molecular formula is C17H20N2O3. The summed E-state index contributed by atoms with van der Waals surface area (Å²) in [7, 11) is 1.63. The molecule has 1 aromatic heterocycles. The lowest BCUT2D eigenvalue weighted by molar-refractivity contribution is 0.0615. The summed E-state index contributed by atoms with van der Waals surface area (Å²) in [6, 6.07) is 9.25. The number of hydrogen-bond donors (Lipinski definition) is 1. The first-order chi connectivity index (χ1) is 10.7. The van der Waals surface area contributed by atoms with Crippen molar-refractivity contribution in [2.75, 3.05) is 26.8 Å². The Hall–Kier alpha value is -2.14. The van der Waals surface area contributed by atoms with Crippen LogP contribution in [-0.2, 0) is 0 Å². The molecule has 5 heteroatoms. The van der Waals surface area contributed by atoms with Gasteiger partial charge < -0.3 is 14.7 Å². The quantitative estimate of drug-likeness (QED) is 0.943. The van der Waals surface area contributed by atoms with Gasteiger partial charge in [0.1, 0.15) is 11.4 Å². The van der Waals surface area contributed by atoms with Crippen LogP contribution in [0.5, 0.6) is 5.75 Å². The van der Waals surface area contributed by atoms with Gasteiger partial charge in [-0.15, -0.1) is 0 Å². The minimum atomic E-state index is -0.0594. The zero-order chi connectivity index (χ0) is 15.5. The minimum absolute atomic E-state index is 0.0594. The molecular weight excluding hydrogens is 280 g/mol. The van der Waals surface area contributed by atoms with Crippen molar-refractivity contribution in [2.45, 2.75) is 12.8 Å². The normalized spacial score (nSPS) is 18.5. The Balaban J connectivity index is 1.84. The summed E-state index contributed by atoms with van der Waals surface area (Å²) < 4.78 is 5.19. The van der Waals surface area contributed by atoms with Gasteiger partial charge in [0.15, 0.2) is 0 Å². The molecule has 3 rings (SSSR count). The van der Waals surface area contributed by atoms with Gasteiger partial charge in [0, 0.05) is 25.1 Å². The van der Waals surface area contributed by atoms with Crippen molar-refractivity contribution in [2.24, 2.45) is 5.92 Å². The average Bonchev–Trinajstić information content (AvgIpc) is 2.60. The molecule has 1 aromatic carbocycles. The fourth-order valence-electron chi connectivity index (χ4n) is 2.91. The van der Waals surface area contributed by atoms with Crippen LogP contribution in [0.1, 0.15) is 23.3 Å². The molecule has 0 bridgehead atoms. The Morgan fingerprint density at radius 3 is 3.05 bits per heavy atom. The molecule has 1 N–H and O–H groups in total. The number of fused-ring (bicyclic) bond motifs is 1. The highest BCUT2D eigenvalue weighted by Gasteiger charge is 2.24. The molecule has 1 atom stereocenters. The van der Waals surface area contributed by atoms with E-state index in [-0.39, 0.29) is 18.4 Å². The third-order valence-corrected chi connectivity index (χ3v) is 4.18. The molecule has 1 unspecified atom stereocenters. The average molecular weight is 300 g/mol. The maximum Gasteiger partial charge on any atom is 0.272 e. The number of amides is 1. The molecule has 116 valence electrons. The Morgan fingerprint density at radius 1 is 1.41 bits per heavy atom. The van der Waals surface area contributed by atoms with Crippen LogP contribution in [0.15, 0.2) is 30.3 Å². The van der Waals surface area contributed by atoms with Gasteiger partial charge in [-0.1, -0.05) is 6.07 Å². The minimum Gasteiger partial charge on any atom is -0.497 e. The number of hydrogen-bond acceptors (Lipinski definition) is 4. The molecule has 1 aliphatic rings. The highest BCUT2D eigenvalue weighted by molar-refractivity contribution is 5.95. The van der Waals surface area contributed by atoms with Gasteiger partial charge in [-0.2, -0.15) is 0 Å². The molecule has 0 saturated carbocycles. The first-order valence-electron chi connectivity index (χ1n) is 7.56. The van der Waals surface area contributed by atoms with Gasteiger partial charge in [-0.05, 0) is 43.0 Å². The molecule has 2 aromatic rings. The van der Waals surface area contributed by atoms with E-state index in [0.717, 1.165) is 36.0 Å². The van der Waals surface area contributed by atoms with Gasteiger partial charge in [-0.3, -0.25) is 4.79 Å². The van der Waals surface area contributed by atoms with Crippen molar-refractivity contribution in [3.8, 4) is 5.75 Å². The SMILES string of the molecule is COc1ccc2nc(C(=O)N3CCCC(CO)C3)ccc2c1. The molecule has 0 spiro atoms. The first-order valence-corrected chi connectivity index (χ1v) is 7.56. The number of ether oxygens (including phenoxy) is 1. The number of carbonyl (C=O) groups excluding carboxylic acids is 1. The van der Waals surface area contributed by atoms with Gasteiger partial charge in [0.05, 0.1) is 12.6 Å². The van der Waals surface area contributed by atoms with Crippen LogP contribution >= 0.6 is 0 Å². The van der Waals surface area contributed by atoms with Crippen molar-refractivity contribution in [3.63, 3.8) is 0 Å². The number of piperidine rings is 1. The molecule has 1 fully saturated rings. The number of benzene rings is 1. The smallest absolute Gasteiger partial charge is 0.272 e. The van der Waals surface area contributed by atoms with Gasteiger partial charge in [-0.25, -0.2) is 4.98 Å². The predicted octanol–water partition coefficient (Wildman–Crippen LogP) is 2.09. The fraction of sp³-hybridized carbons (Fsp3) is 0.412. The van der Waals surface area contributed by atoms with Crippen LogP contribution in [-0.4, -0.2) is 47.7 Å². The number of nitrogens with zero attached hydrogens (tertiary/aromatic N) is 2. The largest absolute Gasteiger partial charge is 0.497 e. The molecule has 0 aliphatic carbocycles. The van der Waals surface area contributed by atoms with Gasteiger partial charge in [0.25, 0.3) is 5.91 Å². The maximum absolute atomic E-state index is 12.6. The molecule has 1 saturated heterocycles. The standard InChI is InChI=1S/C17H20N2O3/c1-22-14-5-7-15-13(9-14)4-6-16(18-15)17(21)19-8-2-3-12(10-19)11-20/h4-7,9,12,20H,2-3,8,10-11H2,1H3. The number of aliphatic hydroxyl groups excluding tert-OH is 1. The maximum atomic E-state index is 12.6. The number of methoxy groups -OCH3 is 1. The van der Waals surface area contributed by atoms with Crippen LogP contribution in [0.25, 0.3) is 10.9 Å². The fourth-order valence-corrected chi connectivity index (χ4v) is 2.91. The Bertz CT molecular complexity index is 687. The van der Waals surface area contributed by atoms with Crippen molar-refractivity contribution >= 4 is 16.8 Å². The zero-order valence-electron chi connectivity index (χ0n) is 12.7. The first kappa shape index (κ1) is 14.8.